The lowest BCUT2D eigenvalue weighted by molar-refractivity contribution is 0.607. The van der Waals surface area contributed by atoms with Crippen molar-refractivity contribution in [1.29, 1.82) is 0 Å². The zero-order valence-electron chi connectivity index (χ0n) is 11.4. The van der Waals surface area contributed by atoms with Crippen LogP contribution in [0, 0.1) is 5.82 Å². The van der Waals surface area contributed by atoms with Crippen LogP contribution in [0.25, 0.3) is 0 Å². The highest BCUT2D eigenvalue weighted by molar-refractivity contribution is 5.50. The molecule has 1 atom stereocenters. The largest absolute Gasteiger partial charge is 0.366 e. The maximum absolute atomic E-state index is 14.1. The van der Waals surface area contributed by atoms with Gasteiger partial charge in [-0.15, -0.1) is 0 Å². The van der Waals surface area contributed by atoms with E-state index in [1.165, 1.54) is 12.8 Å². The van der Waals surface area contributed by atoms with Gasteiger partial charge in [0, 0.05) is 19.1 Å². The van der Waals surface area contributed by atoms with Gasteiger partial charge in [0.05, 0.1) is 5.69 Å². The van der Waals surface area contributed by atoms with Crippen LogP contribution in [0.5, 0.6) is 0 Å². The molecule has 1 aliphatic rings. The van der Waals surface area contributed by atoms with Crippen molar-refractivity contribution in [3.8, 4) is 0 Å². The van der Waals surface area contributed by atoms with Crippen LogP contribution in [0.3, 0.4) is 0 Å². The van der Waals surface area contributed by atoms with Crippen LogP contribution in [0.15, 0.2) is 18.2 Å². The van der Waals surface area contributed by atoms with Crippen LogP contribution in [0.2, 0.25) is 0 Å². The van der Waals surface area contributed by atoms with Crippen molar-refractivity contribution in [2.75, 3.05) is 18.0 Å². The maximum atomic E-state index is 14.1. The molecule has 18 heavy (non-hydrogen) atoms. The Hall–Kier alpha value is -1.09. The van der Waals surface area contributed by atoms with Crippen molar-refractivity contribution >= 4 is 5.69 Å². The zero-order valence-corrected chi connectivity index (χ0v) is 11.4. The molecule has 100 valence electrons. The number of rotatable bonds is 5. The van der Waals surface area contributed by atoms with Gasteiger partial charge in [-0.2, -0.15) is 0 Å². The molecule has 1 saturated heterocycles. The van der Waals surface area contributed by atoms with E-state index in [1.54, 1.807) is 6.07 Å². The molecule has 0 saturated carbocycles. The molecule has 0 radical (unpaired) electrons. The Balaban J connectivity index is 2.05. The second-order valence-corrected chi connectivity index (χ2v) is 5.15. The number of nitrogens with zero attached hydrogens (tertiary/aromatic N) is 1. The predicted octanol–water partition coefficient (Wildman–Crippen LogP) is 3.31. The molecule has 1 unspecified atom stereocenters. The fraction of sp³-hybridized carbons (Fsp3) is 0.600. The first-order chi connectivity index (χ1) is 8.72. The minimum absolute atomic E-state index is 0.0838. The highest BCUT2D eigenvalue weighted by atomic mass is 19.1. The zero-order chi connectivity index (χ0) is 13.0. The molecule has 1 N–H and O–H groups in total. The van der Waals surface area contributed by atoms with E-state index in [0.717, 1.165) is 37.3 Å². The summed E-state index contributed by atoms with van der Waals surface area (Å²) in [6.07, 6.45) is 3.44. The Morgan fingerprint density at radius 1 is 1.44 bits per heavy atom. The van der Waals surface area contributed by atoms with E-state index in [9.17, 15) is 4.39 Å². The fourth-order valence-electron chi connectivity index (χ4n) is 2.59. The average Bonchev–Trinajstić information content (AvgIpc) is 2.76. The van der Waals surface area contributed by atoms with Crippen molar-refractivity contribution in [1.82, 2.24) is 5.32 Å². The monoisotopic (exact) mass is 250 g/mol. The number of anilines is 1. The summed E-state index contributed by atoms with van der Waals surface area (Å²) in [5, 5.41) is 3.30. The first-order valence-corrected chi connectivity index (χ1v) is 6.98. The van der Waals surface area contributed by atoms with E-state index < -0.39 is 0 Å². The third kappa shape index (κ3) is 3.02. The molecule has 3 heteroatoms. The van der Waals surface area contributed by atoms with Gasteiger partial charge in [0.25, 0.3) is 0 Å². The molecule has 1 aromatic rings. The summed E-state index contributed by atoms with van der Waals surface area (Å²) in [4.78, 5) is 2.18. The summed E-state index contributed by atoms with van der Waals surface area (Å²) in [6, 6.07) is 6.10. The molecular weight excluding hydrogens is 227 g/mol. The Kier molecular flexibility index (Phi) is 4.59. The quantitative estimate of drug-likeness (QED) is 0.807. The summed E-state index contributed by atoms with van der Waals surface area (Å²) in [6.45, 7) is 7.01. The summed E-state index contributed by atoms with van der Waals surface area (Å²) < 4.78 is 14.1. The molecule has 0 spiro atoms. The smallest absolute Gasteiger partial charge is 0.146 e. The Morgan fingerprint density at radius 3 is 2.89 bits per heavy atom. The SMILES string of the molecule is CCCNCc1ccc(N2CCCC2C)c(F)c1. The van der Waals surface area contributed by atoms with Crippen LogP contribution in [-0.4, -0.2) is 19.1 Å². The molecule has 0 aliphatic carbocycles. The maximum Gasteiger partial charge on any atom is 0.146 e. The van der Waals surface area contributed by atoms with Crippen molar-refractivity contribution in [3.05, 3.63) is 29.6 Å². The van der Waals surface area contributed by atoms with E-state index in [-0.39, 0.29) is 5.82 Å². The Bertz CT molecular complexity index is 392. The van der Waals surface area contributed by atoms with Gasteiger partial charge in [0.1, 0.15) is 5.82 Å². The molecule has 1 aliphatic heterocycles. The van der Waals surface area contributed by atoms with Gasteiger partial charge >= 0.3 is 0 Å². The number of nitrogens with one attached hydrogen (secondary N) is 1. The molecule has 0 aromatic heterocycles. The van der Waals surface area contributed by atoms with Gasteiger partial charge in [-0.3, -0.25) is 0 Å². The van der Waals surface area contributed by atoms with Crippen molar-refractivity contribution in [2.45, 2.75) is 45.7 Å². The van der Waals surface area contributed by atoms with Gasteiger partial charge in [-0.1, -0.05) is 13.0 Å². The lowest BCUT2D eigenvalue weighted by atomic mass is 10.1. The summed E-state index contributed by atoms with van der Waals surface area (Å²) in [5.41, 5.74) is 1.79. The first-order valence-electron chi connectivity index (χ1n) is 6.98. The summed E-state index contributed by atoms with van der Waals surface area (Å²) in [7, 11) is 0. The molecule has 1 heterocycles. The Labute approximate surface area is 109 Å². The van der Waals surface area contributed by atoms with E-state index in [2.05, 4.69) is 24.1 Å². The standard InChI is InChI=1S/C15H23FN2/c1-3-8-17-11-13-6-7-15(14(16)10-13)18-9-4-5-12(18)2/h6-7,10,12,17H,3-5,8-9,11H2,1-2H3. The van der Waals surface area contributed by atoms with Gasteiger partial charge in [0.15, 0.2) is 0 Å². The van der Waals surface area contributed by atoms with E-state index >= 15 is 0 Å². The average molecular weight is 250 g/mol. The third-order valence-electron chi connectivity index (χ3n) is 3.63. The molecular formula is C15H23FN2. The van der Waals surface area contributed by atoms with Crippen molar-refractivity contribution < 1.29 is 4.39 Å². The second-order valence-electron chi connectivity index (χ2n) is 5.15. The van der Waals surface area contributed by atoms with Gasteiger partial charge in [0.2, 0.25) is 0 Å². The second kappa shape index (κ2) is 6.19. The highest BCUT2D eigenvalue weighted by Crippen LogP contribution is 2.28. The van der Waals surface area contributed by atoms with Crippen LogP contribution >= 0.6 is 0 Å². The van der Waals surface area contributed by atoms with Crippen LogP contribution in [-0.2, 0) is 6.54 Å². The summed E-state index contributed by atoms with van der Waals surface area (Å²) >= 11 is 0. The first kappa shape index (κ1) is 13.3. The van der Waals surface area contributed by atoms with Gasteiger partial charge in [-0.05, 0) is 50.4 Å². The minimum atomic E-state index is -0.0838. The molecule has 2 nitrogen and oxygen atoms in total. The van der Waals surface area contributed by atoms with Crippen LogP contribution in [0.1, 0.15) is 38.7 Å². The van der Waals surface area contributed by atoms with Crippen LogP contribution < -0.4 is 10.2 Å². The van der Waals surface area contributed by atoms with Crippen molar-refractivity contribution in [3.63, 3.8) is 0 Å². The summed E-state index contributed by atoms with van der Waals surface area (Å²) in [5.74, 6) is -0.0838. The van der Waals surface area contributed by atoms with E-state index in [0.29, 0.717) is 6.04 Å². The lowest BCUT2D eigenvalue weighted by Gasteiger charge is -2.24. The van der Waals surface area contributed by atoms with Gasteiger partial charge in [-0.25, -0.2) is 4.39 Å². The fourth-order valence-corrected chi connectivity index (χ4v) is 2.59. The topological polar surface area (TPSA) is 15.3 Å². The van der Waals surface area contributed by atoms with E-state index in [4.69, 9.17) is 0 Å². The highest BCUT2D eigenvalue weighted by Gasteiger charge is 2.22. The molecule has 0 bridgehead atoms. The number of benzene rings is 1. The predicted molar refractivity (Wildman–Crippen MR) is 74.4 cm³/mol. The van der Waals surface area contributed by atoms with Crippen molar-refractivity contribution in [2.24, 2.45) is 0 Å². The number of hydrogen-bond donors (Lipinski definition) is 1. The lowest BCUT2D eigenvalue weighted by Crippen LogP contribution is -2.27. The van der Waals surface area contributed by atoms with E-state index in [1.807, 2.05) is 12.1 Å². The minimum Gasteiger partial charge on any atom is -0.366 e. The molecule has 0 amide bonds. The molecule has 2 rings (SSSR count). The van der Waals surface area contributed by atoms with Gasteiger partial charge < -0.3 is 10.2 Å². The molecule has 1 aromatic carbocycles. The molecule has 1 fully saturated rings. The van der Waals surface area contributed by atoms with Crippen LogP contribution in [0.4, 0.5) is 10.1 Å². The Morgan fingerprint density at radius 2 is 2.28 bits per heavy atom. The number of halogens is 1. The normalized spacial score (nSPS) is 19.5. The number of hydrogen-bond acceptors (Lipinski definition) is 2. The third-order valence-corrected chi connectivity index (χ3v) is 3.63.